The van der Waals surface area contributed by atoms with Crippen molar-refractivity contribution in [1.29, 1.82) is 0 Å². The number of aliphatic carboxylic acids is 1. The second-order valence-electron chi connectivity index (χ2n) is 5.58. The topological polar surface area (TPSA) is 90.3 Å². The lowest BCUT2D eigenvalue weighted by molar-refractivity contribution is -0.142. The molecule has 0 spiro atoms. The van der Waals surface area contributed by atoms with Crippen LogP contribution in [-0.4, -0.2) is 77.5 Å². The maximum atomic E-state index is 12.5. The number of nitrogens with zero attached hydrogens (tertiary/aromatic N) is 2. The summed E-state index contributed by atoms with van der Waals surface area (Å²) < 4.78 is 5.25. The van der Waals surface area contributed by atoms with Crippen molar-refractivity contribution in [2.75, 3.05) is 33.4 Å². The van der Waals surface area contributed by atoms with Gasteiger partial charge in [-0.2, -0.15) is 0 Å². The van der Waals surface area contributed by atoms with Gasteiger partial charge < -0.3 is 24.7 Å². The second kappa shape index (κ2) is 8.19. The van der Waals surface area contributed by atoms with E-state index in [1.165, 1.54) is 4.90 Å². The first-order valence-electron chi connectivity index (χ1n) is 7.38. The van der Waals surface area contributed by atoms with Crippen LogP contribution in [0.3, 0.4) is 0 Å². The van der Waals surface area contributed by atoms with E-state index < -0.39 is 24.0 Å². The summed E-state index contributed by atoms with van der Waals surface area (Å²) in [5, 5.41) is 18.5. The number of urea groups is 1. The van der Waals surface area contributed by atoms with E-state index in [0.29, 0.717) is 19.5 Å². The SMILES string of the molecule is CCCN(C(=O)N(C)CCC(C)O)C1COCC1C(=O)O. The summed E-state index contributed by atoms with van der Waals surface area (Å²) in [7, 11) is 1.67. The van der Waals surface area contributed by atoms with Gasteiger partial charge in [-0.1, -0.05) is 6.92 Å². The van der Waals surface area contributed by atoms with Crippen LogP contribution in [0.15, 0.2) is 0 Å². The summed E-state index contributed by atoms with van der Waals surface area (Å²) in [5.74, 6) is -1.61. The molecule has 0 bridgehead atoms. The molecule has 0 radical (unpaired) electrons. The number of carbonyl (C=O) groups is 2. The Labute approximate surface area is 125 Å². The van der Waals surface area contributed by atoms with Gasteiger partial charge >= 0.3 is 12.0 Å². The Bertz CT molecular complexity index is 361. The lowest BCUT2D eigenvalue weighted by Gasteiger charge is -2.34. The molecule has 0 aromatic carbocycles. The Morgan fingerprint density at radius 1 is 1.33 bits per heavy atom. The van der Waals surface area contributed by atoms with Crippen molar-refractivity contribution in [2.24, 2.45) is 5.92 Å². The third kappa shape index (κ3) is 4.86. The second-order valence-corrected chi connectivity index (χ2v) is 5.58. The van der Waals surface area contributed by atoms with E-state index in [4.69, 9.17) is 4.74 Å². The normalized spacial score (nSPS) is 22.9. The fraction of sp³-hybridized carbons (Fsp3) is 0.857. The molecule has 1 fully saturated rings. The molecule has 0 aromatic rings. The maximum Gasteiger partial charge on any atom is 0.320 e. The van der Waals surface area contributed by atoms with E-state index in [1.807, 2.05) is 6.92 Å². The number of hydrogen-bond acceptors (Lipinski definition) is 4. The zero-order chi connectivity index (χ0) is 16.0. The summed E-state index contributed by atoms with van der Waals surface area (Å²) in [6.07, 6.45) is 0.770. The molecule has 1 rings (SSSR count). The molecule has 1 aliphatic heterocycles. The fourth-order valence-corrected chi connectivity index (χ4v) is 2.43. The van der Waals surface area contributed by atoms with Gasteiger partial charge in [-0.3, -0.25) is 4.79 Å². The molecule has 21 heavy (non-hydrogen) atoms. The molecule has 7 nitrogen and oxygen atoms in total. The highest BCUT2D eigenvalue weighted by Gasteiger charge is 2.40. The van der Waals surface area contributed by atoms with E-state index in [1.54, 1.807) is 18.9 Å². The Balaban J connectivity index is 2.75. The fourth-order valence-electron chi connectivity index (χ4n) is 2.43. The monoisotopic (exact) mass is 302 g/mol. The van der Waals surface area contributed by atoms with Crippen molar-refractivity contribution in [3.63, 3.8) is 0 Å². The molecule has 2 amide bonds. The highest BCUT2D eigenvalue weighted by atomic mass is 16.5. The minimum Gasteiger partial charge on any atom is -0.481 e. The first-order chi connectivity index (χ1) is 9.88. The molecule has 1 saturated heterocycles. The molecule has 0 saturated carbocycles. The quantitative estimate of drug-likeness (QED) is 0.719. The summed E-state index contributed by atoms with van der Waals surface area (Å²) in [4.78, 5) is 26.9. The molecule has 0 aliphatic carbocycles. The van der Waals surface area contributed by atoms with Crippen LogP contribution in [0.1, 0.15) is 26.7 Å². The van der Waals surface area contributed by atoms with Crippen LogP contribution in [-0.2, 0) is 9.53 Å². The van der Waals surface area contributed by atoms with E-state index >= 15 is 0 Å². The Hall–Kier alpha value is -1.34. The third-order valence-corrected chi connectivity index (χ3v) is 3.69. The van der Waals surface area contributed by atoms with E-state index in [-0.39, 0.29) is 19.2 Å². The van der Waals surface area contributed by atoms with Crippen molar-refractivity contribution in [3.05, 3.63) is 0 Å². The number of aliphatic hydroxyl groups excluding tert-OH is 1. The molecule has 7 heteroatoms. The number of hydrogen-bond donors (Lipinski definition) is 2. The van der Waals surface area contributed by atoms with Crippen LogP contribution in [0.4, 0.5) is 4.79 Å². The van der Waals surface area contributed by atoms with Gasteiger partial charge in [-0.25, -0.2) is 4.79 Å². The van der Waals surface area contributed by atoms with Gasteiger partial charge in [0.15, 0.2) is 0 Å². The predicted molar refractivity (Wildman–Crippen MR) is 77.1 cm³/mol. The largest absolute Gasteiger partial charge is 0.481 e. The van der Waals surface area contributed by atoms with Crippen LogP contribution in [0.25, 0.3) is 0 Å². The standard InChI is InChI=1S/C14H26N2O5/c1-4-6-16(12-9-21-8-11(12)13(18)19)14(20)15(3)7-5-10(2)17/h10-12,17H,4-9H2,1-3H3,(H,18,19). The molecule has 1 aliphatic rings. The maximum absolute atomic E-state index is 12.5. The predicted octanol–water partition coefficient (Wildman–Crippen LogP) is 0.621. The van der Waals surface area contributed by atoms with Gasteiger partial charge in [0.25, 0.3) is 0 Å². The molecule has 1 heterocycles. The highest BCUT2D eigenvalue weighted by Crippen LogP contribution is 2.21. The summed E-state index contributed by atoms with van der Waals surface area (Å²) >= 11 is 0. The smallest absolute Gasteiger partial charge is 0.320 e. The zero-order valence-electron chi connectivity index (χ0n) is 13.0. The molecule has 2 N–H and O–H groups in total. The van der Waals surface area contributed by atoms with Gasteiger partial charge in [0.2, 0.25) is 0 Å². The lowest BCUT2D eigenvalue weighted by atomic mass is 10.0. The van der Waals surface area contributed by atoms with Gasteiger partial charge in [-0.15, -0.1) is 0 Å². The minimum absolute atomic E-state index is 0.144. The first-order valence-corrected chi connectivity index (χ1v) is 7.38. The summed E-state index contributed by atoms with van der Waals surface area (Å²) in [5.41, 5.74) is 0. The van der Waals surface area contributed by atoms with Crippen molar-refractivity contribution in [1.82, 2.24) is 9.80 Å². The highest BCUT2D eigenvalue weighted by molar-refractivity contribution is 5.77. The first kappa shape index (κ1) is 17.7. The van der Waals surface area contributed by atoms with Crippen LogP contribution in [0.2, 0.25) is 0 Å². The summed E-state index contributed by atoms with van der Waals surface area (Å²) in [6, 6.07) is -0.636. The third-order valence-electron chi connectivity index (χ3n) is 3.69. The van der Waals surface area contributed by atoms with E-state index in [0.717, 1.165) is 6.42 Å². The van der Waals surface area contributed by atoms with Crippen molar-refractivity contribution in [2.45, 2.75) is 38.8 Å². The van der Waals surface area contributed by atoms with Crippen molar-refractivity contribution >= 4 is 12.0 Å². The molecule has 3 unspecified atom stereocenters. The number of rotatable bonds is 7. The number of amides is 2. The van der Waals surface area contributed by atoms with Crippen LogP contribution >= 0.6 is 0 Å². The van der Waals surface area contributed by atoms with E-state index in [9.17, 15) is 19.8 Å². The molecular weight excluding hydrogens is 276 g/mol. The number of aliphatic hydroxyl groups is 1. The van der Waals surface area contributed by atoms with Gasteiger partial charge in [0.05, 0.1) is 25.4 Å². The van der Waals surface area contributed by atoms with E-state index in [2.05, 4.69) is 0 Å². The average molecular weight is 302 g/mol. The number of carboxylic acid groups (broad SMARTS) is 1. The summed E-state index contributed by atoms with van der Waals surface area (Å²) in [6.45, 7) is 4.95. The van der Waals surface area contributed by atoms with Gasteiger partial charge in [-0.05, 0) is 19.8 Å². The van der Waals surface area contributed by atoms with Crippen molar-refractivity contribution < 1.29 is 24.5 Å². The van der Waals surface area contributed by atoms with Crippen LogP contribution < -0.4 is 0 Å². The van der Waals surface area contributed by atoms with Crippen LogP contribution in [0, 0.1) is 5.92 Å². The minimum atomic E-state index is -0.932. The van der Waals surface area contributed by atoms with Gasteiger partial charge in [0.1, 0.15) is 5.92 Å². The molecule has 122 valence electrons. The molecule has 0 aromatic heterocycles. The Morgan fingerprint density at radius 3 is 2.52 bits per heavy atom. The zero-order valence-corrected chi connectivity index (χ0v) is 13.0. The number of carbonyl (C=O) groups excluding carboxylic acids is 1. The Kier molecular flexibility index (Phi) is 6.91. The lowest BCUT2D eigenvalue weighted by Crippen LogP contribution is -2.51. The molecule has 3 atom stereocenters. The van der Waals surface area contributed by atoms with Crippen LogP contribution in [0.5, 0.6) is 0 Å². The number of carboxylic acids is 1. The van der Waals surface area contributed by atoms with Crippen molar-refractivity contribution in [3.8, 4) is 0 Å². The average Bonchev–Trinajstić information content (AvgIpc) is 2.90. The van der Waals surface area contributed by atoms with Gasteiger partial charge in [0, 0.05) is 20.1 Å². The Morgan fingerprint density at radius 2 is 2.00 bits per heavy atom. The number of ether oxygens (including phenoxy) is 1. The molecular formula is C14H26N2O5.